The monoisotopic (exact) mass is 291 g/mol. The van der Waals surface area contributed by atoms with E-state index in [-0.39, 0.29) is 5.91 Å². The summed E-state index contributed by atoms with van der Waals surface area (Å²) in [5.41, 5.74) is 7.84. The van der Waals surface area contributed by atoms with Crippen LogP contribution in [0.25, 0.3) is 0 Å². The molecular weight excluding hydrogens is 266 g/mol. The molecule has 1 saturated carbocycles. The smallest absolute Gasteiger partial charge is 0.273 e. The lowest BCUT2D eigenvalue weighted by Gasteiger charge is -2.32. The lowest BCUT2D eigenvalue weighted by atomic mass is 10.1. The van der Waals surface area contributed by atoms with E-state index in [0.29, 0.717) is 29.9 Å². The highest BCUT2D eigenvalue weighted by atomic mass is 16.2. The molecule has 1 aromatic heterocycles. The number of carbonyl (C=O) groups is 1. The summed E-state index contributed by atoms with van der Waals surface area (Å²) in [7, 11) is 0. The molecule has 1 amide bonds. The van der Waals surface area contributed by atoms with Gasteiger partial charge in [-0.2, -0.15) is 5.10 Å². The maximum Gasteiger partial charge on any atom is 0.273 e. The van der Waals surface area contributed by atoms with E-state index < -0.39 is 0 Å². The Balaban J connectivity index is 1.53. The van der Waals surface area contributed by atoms with Crippen molar-refractivity contribution in [3.05, 3.63) is 11.4 Å². The summed E-state index contributed by atoms with van der Waals surface area (Å²) in [6.45, 7) is 5.07. The van der Waals surface area contributed by atoms with Crippen LogP contribution < -0.4 is 11.1 Å². The van der Waals surface area contributed by atoms with Crippen LogP contribution in [0, 0.1) is 0 Å². The van der Waals surface area contributed by atoms with E-state index in [9.17, 15) is 4.79 Å². The van der Waals surface area contributed by atoms with Crippen LogP contribution in [0.2, 0.25) is 0 Å². The minimum Gasteiger partial charge on any atom is -0.395 e. The van der Waals surface area contributed by atoms with Crippen LogP contribution in [0.3, 0.4) is 0 Å². The number of H-pyrrole nitrogens is 1. The van der Waals surface area contributed by atoms with Gasteiger partial charge in [0, 0.05) is 18.5 Å². The molecule has 1 saturated heterocycles. The normalized spacial score (nSPS) is 21.2. The highest BCUT2D eigenvalue weighted by Crippen LogP contribution is 2.42. The Hall–Kier alpha value is -1.56. The van der Waals surface area contributed by atoms with E-state index in [1.165, 1.54) is 19.3 Å². The summed E-state index contributed by atoms with van der Waals surface area (Å²) in [6, 6.07) is 0.359. The minimum atomic E-state index is -0.167. The standard InChI is InChI=1S/C15H25N5O/c1-10(20-7-3-2-4-8-20)9-17-15(21)14-12(16)13(18-19-14)11-5-6-11/h10-11H,2-9,16H2,1H3,(H,17,21)(H,18,19). The van der Waals surface area contributed by atoms with Gasteiger partial charge in [0.25, 0.3) is 5.91 Å². The molecule has 2 aliphatic rings. The molecule has 2 heterocycles. The van der Waals surface area contributed by atoms with Gasteiger partial charge in [-0.1, -0.05) is 6.42 Å². The maximum absolute atomic E-state index is 12.2. The van der Waals surface area contributed by atoms with Gasteiger partial charge in [0.2, 0.25) is 0 Å². The number of nitrogens with zero attached hydrogens (tertiary/aromatic N) is 2. The lowest BCUT2D eigenvalue weighted by molar-refractivity contribution is 0.0926. The van der Waals surface area contributed by atoms with Crippen LogP contribution in [0.4, 0.5) is 5.69 Å². The molecule has 21 heavy (non-hydrogen) atoms. The summed E-state index contributed by atoms with van der Waals surface area (Å²) < 4.78 is 0. The zero-order valence-corrected chi connectivity index (χ0v) is 12.7. The van der Waals surface area contributed by atoms with Crippen molar-refractivity contribution in [2.45, 2.75) is 51.0 Å². The maximum atomic E-state index is 12.2. The highest BCUT2D eigenvalue weighted by molar-refractivity contribution is 5.97. The van der Waals surface area contributed by atoms with Gasteiger partial charge in [-0.15, -0.1) is 0 Å². The van der Waals surface area contributed by atoms with Crippen LogP contribution in [-0.2, 0) is 0 Å². The Morgan fingerprint density at radius 1 is 1.43 bits per heavy atom. The topological polar surface area (TPSA) is 87.0 Å². The molecule has 1 aliphatic heterocycles. The van der Waals surface area contributed by atoms with Crippen molar-refractivity contribution in [2.24, 2.45) is 0 Å². The number of piperidine rings is 1. The Morgan fingerprint density at radius 2 is 2.14 bits per heavy atom. The minimum absolute atomic E-state index is 0.167. The summed E-state index contributed by atoms with van der Waals surface area (Å²) in [5, 5.41) is 9.98. The first-order valence-corrected chi connectivity index (χ1v) is 8.02. The molecule has 1 unspecified atom stereocenters. The number of amides is 1. The number of aromatic nitrogens is 2. The van der Waals surface area contributed by atoms with Gasteiger partial charge in [0.1, 0.15) is 0 Å². The summed E-state index contributed by atoms with van der Waals surface area (Å²) in [4.78, 5) is 14.7. The molecule has 1 aromatic rings. The van der Waals surface area contributed by atoms with Crippen molar-refractivity contribution in [2.75, 3.05) is 25.4 Å². The molecule has 1 atom stereocenters. The second-order valence-electron chi connectivity index (χ2n) is 6.33. The van der Waals surface area contributed by atoms with E-state index in [0.717, 1.165) is 31.6 Å². The largest absolute Gasteiger partial charge is 0.395 e. The Morgan fingerprint density at radius 3 is 2.81 bits per heavy atom. The Bertz CT molecular complexity index is 502. The molecule has 6 nitrogen and oxygen atoms in total. The third-order valence-corrected chi connectivity index (χ3v) is 4.61. The van der Waals surface area contributed by atoms with Gasteiger partial charge in [0.05, 0.1) is 11.4 Å². The third-order valence-electron chi connectivity index (χ3n) is 4.61. The summed E-state index contributed by atoms with van der Waals surface area (Å²) >= 11 is 0. The van der Waals surface area contributed by atoms with Crippen molar-refractivity contribution >= 4 is 11.6 Å². The average Bonchev–Trinajstić information content (AvgIpc) is 3.28. The molecule has 0 radical (unpaired) electrons. The Kier molecular flexibility index (Phi) is 4.14. The molecule has 3 rings (SSSR count). The number of aromatic amines is 1. The average molecular weight is 291 g/mol. The number of hydrogen-bond donors (Lipinski definition) is 3. The number of nitrogens with two attached hydrogens (primary N) is 1. The van der Waals surface area contributed by atoms with Crippen LogP contribution in [0.1, 0.15) is 61.1 Å². The summed E-state index contributed by atoms with van der Waals surface area (Å²) in [5.74, 6) is 0.311. The van der Waals surface area contributed by atoms with Crippen molar-refractivity contribution in [1.29, 1.82) is 0 Å². The van der Waals surface area contributed by atoms with Crippen LogP contribution >= 0.6 is 0 Å². The van der Waals surface area contributed by atoms with Gasteiger partial charge in [0.15, 0.2) is 5.69 Å². The molecule has 6 heteroatoms. The molecule has 2 fully saturated rings. The summed E-state index contributed by atoms with van der Waals surface area (Å²) in [6.07, 6.45) is 6.12. The number of rotatable bonds is 5. The number of hydrogen-bond acceptors (Lipinski definition) is 4. The lowest BCUT2D eigenvalue weighted by Crippen LogP contribution is -2.44. The number of nitrogen functional groups attached to an aromatic ring is 1. The molecular formula is C15H25N5O. The molecule has 0 bridgehead atoms. The zero-order chi connectivity index (χ0) is 14.8. The second-order valence-corrected chi connectivity index (χ2v) is 6.33. The zero-order valence-electron chi connectivity index (χ0n) is 12.7. The number of anilines is 1. The predicted octanol–water partition coefficient (Wildman–Crippen LogP) is 1.47. The molecule has 0 spiro atoms. The van der Waals surface area contributed by atoms with E-state index in [2.05, 4.69) is 27.3 Å². The fraction of sp³-hybridized carbons (Fsp3) is 0.733. The van der Waals surface area contributed by atoms with Crippen molar-refractivity contribution in [3.63, 3.8) is 0 Å². The number of carbonyl (C=O) groups excluding carboxylic acids is 1. The number of nitrogens with one attached hydrogen (secondary N) is 2. The first-order chi connectivity index (χ1) is 10.2. The van der Waals surface area contributed by atoms with Crippen LogP contribution in [0.5, 0.6) is 0 Å². The quantitative estimate of drug-likeness (QED) is 0.766. The van der Waals surface area contributed by atoms with E-state index >= 15 is 0 Å². The van der Waals surface area contributed by atoms with Crippen molar-refractivity contribution in [3.8, 4) is 0 Å². The van der Waals surface area contributed by atoms with Crippen molar-refractivity contribution in [1.82, 2.24) is 20.4 Å². The first-order valence-electron chi connectivity index (χ1n) is 8.02. The molecule has 4 N–H and O–H groups in total. The van der Waals surface area contributed by atoms with Crippen LogP contribution in [-0.4, -0.2) is 46.7 Å². The van der Waals surface area contributed by atoms with Gasteiger partial charge < -0.3 is 11.1 Å². The third kappa shape index (κ3) is 3.20. The van der Waals surface area contributed by atoms with Gasteiger partial charge >= 0.3 is 0 Å². The SMILES string of the molecule is CC(CNC(=O)c1n[nH]c(C2CC2)c1N)N1CCCCC1. The first kappa shape index (κ1) is 14.4. The van der Waals surface area contributed by atoms with E-state index in [1.807, 2.05) is 0 Å². The van der Waals surface area contributed by atoms with Crippen molar-refractivity contribution < 1.29 is 4.79 Å². The molecule has 0 aromatic carbocycles. The van der Waals surface area contributed by atoms with E-state index in [4.69, 9.17) is 5.73 Å². The van der Waals surface area contributed by atoms with Gasteiger partial charge in [-0.05, 0) is 45.7 Å². The van der Waals surface area contributed by atoms with Gasteiger partial charge in [-0.3, -0.25) is 14.8 Å². The fourth-order valence-corrected chi connectivity index (χ4v) is 3.03. The fourth-order valence-electron chi connectivity index (χ4n) is 3.03. The van der Waals surface area contributed by atoms with Gasteiger partial charge in [-0.25, -0.2) is 0 Å². The molecule has 1 aliphatic carbocycles. The second kappa shape index (κ2) is 6.05. The Labute approximate surface area is 125 Å². The number of likely N-dealkylation sites (tertiary alicyclic amines) is 1. The highest BCUT2D eigenvalue weighted by Gasteiger charge is 2.30. The van der Waals surface area contributed by atoms with E-state index in [1.54, 1.807) is 0 Å². The predicted molar refractivity (Wildman–Crippen MR) is 82.2 cm³/mol. The molecule has 116 valence electrons. The van der Waals surface area contributed by atoms with Crippen LogP contribution in [0.15, 0.2) is 0 Å².